The van der Waals surface area contributed by atoms with Crippen molar-refractivity contribution < 1.29 is 19.1 Å². The van der Waals surface area contributed by atoms with Gasteiger partial charge in [-0.1, -0.05) is 11.8 Å². The molecule has 0 aliphatic heterocycles. The van der Waals surface area contributed by atoms with Crippen LogP contribution in [0.2, 0.25) is 0 Å². The number of carbonyl (C=O) groups is 2. The minimum Gasteiger partial charge on any atom is -0.491 e. The molecule has 2 aromatic heterocycles. The number of ether oxygens (including phenoxy) is 2. The first-order valence-electron chi connectivity index (χ1n) is 8.99. The van der Waals surface area contributed by atoms with Gasteiger partial charge in [0.25, 0.3) is 5.91 Å². The van der Waals surface area contributed by atoms with E-state index in [1.54, 1.807) is 42.9 Å². The second kappa shape index (κ2) is 9.88. The topological polar surface area (TPSA) is 108 Å². The largest absolute Gasteiger partial charge is 0.491 e. The second-order valence-electron chi connectivity index (χ2n) is 6.31. The van der Waals surface area contributed by atoms with Crippen LogP contribution in [0.5, 0.6) is 11.5 Å². The van der Waals surface area contributed by atoms with Gasteiger partial charge in [0.15, 0.2) is 29.0 Å². The smallest absolute Gasteiger partial charge is 0.262 e. The lowest BCUT2D eigenvalue weighted by Crippen LogP contribution is -2.20. The fourth-order valence-corrected chi connectivity index (χ4v) is 3.27. The molecule has 0 fully saturated rings. The van der Waals surface area contributed by atoms with Crippen LogP contribution in [0.4, 0.5) is 5.69 Å². The van der Waals surface area contributed by atoms with Crippen LogP contribution < -0.4 is 14.8 Å². The van der Waals surface area contributed by atoms with E-state index in [1.807, 2.05) is 11.6 Å². The highest BCUT2D eigenvalue weighted by atomic mass is 32.2. The highest BCUT2D eigenvalue weighted by Gasteiger charge is 2.12. The van der Waals surface area contributed by atoms with Gasteiger partial charge >= 0.3 is 0 Å². The maximum absolute atomic E-state index is 12.2. The zero-order chi connectivity index (χ0) is 21.5. The van der Waals surface area contributed by atoms with Crippen LogP contribution in [0.3, 0.4) is 0 Å². The molecule has 3 aromatic rings. The van der Waals surface area contributed by atoms with Gasteiger partial charge in [-0.3, -0.25) is 14.6 Å². The van der Waals surface area contributed by atoms with Crippen LogP contribution >= 0.6 is 11.8 Å². The Kier molecular flexibility index (Phi) is 7.02. The fourth-order valence-electron chi connectivity index (χ4n) is 2.48. The lowest BCUT2D eigenvalue weighted by atomic mass is 10.1. The highest BCUT2D eigenvalue weighted by molar-refractivity contribution is 7.98. The van der Waals surface area contributed by atoms with Gasteiger partial charge in [-0.2, -0.15) is 0 Å². The Morgan fingerprint density at radius 1 is 1.20 bits per heavy atom. The number of thioether (sulfide) groups is 1. The van der Waals surface area contributed by atoms with Crippen molar-refractivity contribution in [2.75, 3.05) is 19.0 Å². The lowest BCUT2D eigenvalue weighted by Gasteiger charge is -2.12. The fraction of sp³-hybridized carbons (Fsp3) is 0.250. The van der Waals surface area contributed by atoms with E-state index in [4.69, 9.17) is 9.47 Å². The molecule has 0 radical (unpaired) electrons. The number of aromatic nitrogens is 4. The van der Waals surface area contributed by atoms with E-state index in [9.17, 15) is 9.59 Å². The molecular weight excluding hydrogens is 406 g/mol. The summed E-state index contributed by atoms with van der Waals surface area (Å²) < 4.78 is 12.7. The molecule has 30 heavy (non-hydrogen) atoms. The number of Topliss-reactive ketones (excluding diaryl/α,β-unsaturated/α-hetero) is 1. The number of anilines is 1. The number of hydrogen-bond donors (Lipinski definition) is 1. The summed E-state index contributed by atoms with van der Waals surface area (Å²) in [5, 5.41) is 11.4. The third-order valence-corrected chi connectivity index (χ3v) is 5.13. The number of rotatable bonds is 9. The maximum atomic E-state index is 12.2. The van der Waals surface area contributed by atoms with E-state index in [0.29, 0.717) is 28.5 Å². The minimum atomic E-state index is -0.334. The van der Waals surface area contributed by atoms with Gasteiger partial charge in [-0.15, -0.1) is 10.2 Å². The third kappa shape index (κ3) is 5.57. The number of nitrogens with one attached hydrogen (secondary N) is 1. The van der Waals surface area contributed by atoms with Crippen molar-refractivity contribution in [3.05, 3.63) is 54.1 Å². The van der Waals surface area contributed by atoms with E-state index in [2.05, 4.69) is 20.5 Å². The summed E-state index contributed by atoms with van der Waals surface area (Å²) in [6, 6.07) is 8.39. The quantitative estimate of drug-likeness (QED) is 0.410. The van der Waals surface area contributed by atoms with Gasteiger partial charge in [0.05, 0.1) is 19.0 Å². The van der Waals surface area contributed by atoms with Crippen LogP contribution in [0.15, 0.2) is 48.0 Å². The van der Waals surface area contributed by atoms with Gasteiger partial charge in [0, 0.05) is 30.1 Å². The zero-order valence-electron chi connectivity index (χ0n) is 16.8. The Morgan fingerprint density at radius 3 is 2.60 bits per heavy atom. The molecule has 0 unspecified atom stereocenters. The highest BCUT2D eigenvalue weighted by Crippen LogP contribution is 2.29. The van der Waals surface area contributed by atoms with Crippen molar-refractivity contribution >= 4 is 29.1 Å². The molecule has 0 saturated carbocycles. The molecule has 0 spiro atoms. The number of methoxy groups -OCH3 is 1. The van der Waals surface area contributed by atoms with Crippen LogP contribution in [0.1, 0.15) is 23.0 Å². The summed E-state index contributed by atoms with van der Waals surface area (Å²) in [6.45, 7) is 1.29. The third-order valence-electron chi connectivity index (χ3n) is 4.06. The van der Waals surface area contributed by atoms with Crippen molar-refractivity contribution in [3.8, 4) is 11.5 Å². The van der Waals surface area contributed by atoms with Crippen LogP contribution in [0.25, 0.3) is 0 Å². The van der Waals surface area contributed by atoms with Gasteiger partial charge in [-0.25, -0.2) is 0 Å². The van der Waals surface area contributed by atoms with Gasteiger partial charge in [0.2, 0.25) is 0 Å². The van der Waals surface area contributed by atoms with Gasteiger partial charge < -0.3 is 19.4 Å². The molecule has 3 rings (SSSR count). The number of pyridine rings is 1. The molecule has 0 bridgehead atoms. The number of amides is 1. The lowest BCUT2D eigenvalue weighted by molar-refractivity contribution is -0.118. The molecule has 1 amide bonds. The van der Waals surface area contributed by atoms with Crippen molar-refractivity contribution in [2.24, 2.45) is 7.05 Å². The SMILES string of the molecule is COc1cnc(CSc2nncn2C)cc1OCC(=O)Nc1ccc(C(C)=O)cc1. The number of aryl methyl sites for hydroxylation is 1. The van der Waals surface area contributed by atoms with Crippen molar-refractivity contribution in [2.45, 2.75) is 17.8 Å². The molecule has 1 aromatic carbocycles. The summed E-state index contributed by atoms with van der Waals surface area (Å²) in [7, 11) is 3.37. The Labute approximate surface area is 177 Å². The predicted molar refractivity (Wildman–Crippen MR) is 112 cm³/mol. The summed E-state index contributed by atoms with van der Waals surface area (Å²) in [5.74, 6) is 1.04. The van der Waals surface area contributed by atoms with E-state index in [-0.39, 0.29) is 18.3 Å². The molecular formula is C20H21N5O4S. The van der Waals surface area contributed by atoms with E-state index < -0.39 is 0 Å². The Balaban J connectivity index is 1.59. The molecule has 1 N–H and O–H groups in total. The van der Waals surface area contributed by atoms with E-state index in [0.717, 1.165) is 10.9 Å². The monoisotopic (exact) mass is 427 g/mol. The summed E-state index contributed by atoms with van der Waals surface area (Å²) in [5.41, 5.74) is 1.91. The molecule has 156 valence electrons. The first-order valence-corrected chi connectivity index (χ1v) is 9.98. The number of hydrogen-bond acceptors (Lipinski definition) is 8. The standard InChI is InChI=1S/C20H21N5O4S/c1-13(26)14-4-6-15(7-5-14)23-19(27)10-29-17-8-16(21-9-18(17)28-3)11-30-20-24-22-12-25(20)2/h4-9,12H,10-11H2,1-3H3,(H,23,27). The predicted octanol–water partition coefficient (Wildman–Crippen LogP) is 2.73. The zero-order valence-corrected chi connectivity index (χ0v) is 17.6. The normalized spacial score (nSPS) is 10.5. The summed E-state index contributed by atoms with van der Waals surface area (Å²) >= 11 is 1.49. The molecule has 0 aliphatic carbocycles. The molecule has 0 aliphatic rings. The number of benzene rings is 1. The second-order valence-corrected chi connectivity index (χ2v) is 7.25. The van der Waals surface area contributed by atoms with Crippen LogP contribution in [0, 0.1) is 0 Å². The Bertz CT molecular complexity index is 1040. The Morgan fingerprint density at radius 2 is 1.97 bits per heavy atom. The Hall–Kier alpha value is -3.40. The number of ketones is 1. The van der Waals surface area contributed by atoms with Crippen molar-refractivity contribution in [3.63, 3.8) is 0 Å². The number of carbonyl (C=O) groups excluding carboxylic acids is 2. The molecule has 2 heterocycles. The molecule has 0 saturated heterocycles. The van der Waals surface area contributed by atoms with E-state index >= 15 is 0 Å². The minimum absolute atomic E-state index is 0.0332. The average molecular weight is 427 g/mol. The van der Waals surface area contributed by atoms with Crippen LogP contribution in [-0.2, 0) is 17.6 Å². The summed E-state index contributed by atoms with van der Waals surface area (Å²) in [6.07, 6.45) is 3.19. The van der Waals surface area contributed by atoms with E-state index in [1.165, 1.54) is 25.8 Å². The molecule has 0 atom stereocenters. The number of nitrogens with zero attached hydrogens (tertiary/aromatic N) is 4. The van der Waals surface area contributed by atoms with Crippen molar-refractivity contribution in [1.82, 2.24) is 19.7 Å². The molecule has 9 nitrogen and oxygen atoms in total. The van der Waals surface area contributed by atoms with Crippen molar-refractivity contribution in [1.29, 1.82) is 0 Å². The van der Waals surface area contributed by atoms with Gasteiger partial charge in [-0.05, 0) is 31.2 Å². The first-order chi connectivity index (χ1) is 14.5. The summed E-state index contributed by atoms with van der Waals surface area (Å²) in [4.78, 5) is 27.9. The maximum Gasteiger partial charge on any atom is 0.262 e. The molecule has 10 heteroatoms. The first kappa shape index (κ1) is 21.3. The average Bonchev–Trinajstić information content (AvgIpc) is 3.16. The van der Waals surface area contributed by atoms with Crippen LogP contribution in [-0.4, -0.2) is 45.2 Å². The van der Waals surface area contributed by atoms with Gasteiger partial charge in [0.1, 0.15) is 6.33 Å².